The van der Waals surface area contributed by atoms with Crippen molar-refractivity contribution in [3.63, 3.8) is 0 Å². The number of nitrogens with one attached hydrogen (secondary N) is 1. The molecule has 0 fully saturated rings. The van der Waals surface area contributed by atoms with Crippen molar-refractivity contribution in [1.82, 2.24) is 0 Å². The van der Waals surface area contributed by atoms with Crippen molar-refractivity contribution < 1.29 is 4.74 Å². The Morgan fingerprint density at radius 1 is 1.00 bits per heavy atom. The van der Waals surface area contributed by atoms with Crippen LogP contribution >= 0.6 is 0 Å². The van der Waals surface area contributed by atoms with E-state index >= 15 is 0 Å². The number of aryl methyl sites for hydroxylation is 1. The summed E-state index contributed by atoms with van der Waals surface area (Å²) in [4.78, 5) is 0. The van der Waals surface area contributed by atoms with Crippen LogP contribution in [0.25, 0.3) is 0 Å². The lowest BCUT2D eigenvalue weighted by atomic mass is 10.1. The van der Waals surface area contributed by atoms with Crippen LogP contribution in [-0.2, 0) is 6.42 Å². The molecule has 0 spiro atoms. The van der Waals surface area contributed by atoms with Gasteiger partial charge in [0.2, 0.25) is 0 Å². The summed E-state index contributed by atoms with van der Waals surface area (Å²) in [7, 11) is 1.73. The second-order valence-electron chi connectivity index (χ2n) is 4.75. The third-order valence-electron chi connectivity index (χ3n) is 3.38. The van der Waals surface area contributed by atoms with Gasteiger partial charge in [0.25, 0.3) is 0 Å². The molecule has 2 heteroatoms. The van der Waals surface area contributed by atoms with Crippen LogP contribution in [0.5, 0.6) is 5.75 Å². The van der Waals surface area contributed by atoms with Crippen molar-refractivity contribution in [3.8, 4) is 5.75 Å². The van der Waals surface area contributed by atoms with Gasteiger partial charge in [-0.05, 0) is 37.5 Å². The third-order valence-corrected chi connectivity index (χ3v) is 3.38. The van der Waals surface area contributed by atoms with Gasteiger partial charge in [-0.3, -0.25) is 0 Å². The second kappa shape index (κ2) is 6.28. The van der Waals surface area contributed by atoms with Gasteiger partial charge in [0.1, 0.15) is 5.75 Å². The molecular weight excluding hydrogens is 234 g/mol. The highest BCUT2D eigenvalue weighted by Gasteiger charge is 2.07. The summed E-state index contributed by atoms with van der Waals surface area (Å²) >= 11 is 0. The summed E-state index contributed by atoms with van der Waals surface area (Å²) in [5.41, 5.74) is 4.86. The first-order valence-corrected chi connectivity index (χ1v) is 6.64. The molecule has 0 aliphatic rings. The normalized spacial score (nSPS) is 10.3. The van der Waals surface area contributed by atoms with Gasteiger partial charge in [0.15, 0.2) is 0 Å². The fourth-order valence-corrected chi connectivity index (χ4v) is 2.32. The van der Waals surface area contributed by atoms with Crippen LogP contribution in [0.1, 0.15) is 16.7 Å². The maximum atomic E-state index is 5.44. The first-order valence-electron chi connectivity index (χ1n) is 6.64. The fraction of sp³-hybridized carbons (Fsp3) is 0.294. The predicted octanol–water partition coefficient (Wildman–Crippen LogP) is 3.97. The number of rotatable bonds is 5. The zero-order valence-corrected chi connectivity index (χ0v) is 11.9. The molecule has 0 saturated carbocycles. The molecule has 100 valence electrons. The first kappa shape index (κ1) is 13.5. The smallest absolute Gasteiger partial charge is 0.126 e. The Bertz CT molecular complexity index is 534. The van der Waals surface area contributed by atoms with Crippen LogP contribution in [-0.4, -0.2) is 13.7 Å². The van der Waals surface area contributed by atoms with E-state index in [2.05, 4.69) is 55.6 Å². The lowest BCUT2D eigenvalue weighted by Gasteiger charge is -2.14. The number of ether oxygens (including phenoxy) is 1. The quantitative estimate of drug-likeness (QED) is 0.873. The molecule has 0 aliphatic carbocycles. The molecular formula is C17H21NO. The van der Waals surface area contributed by atoms with Gasteiger partial charge >= 0.3 is 0 Å². The summed E-state index contributed by atoms with van der Waals surface area (Å²) in [6.07, 6.45) is 1.02. The molecule has 0 aromatic heterocycles. The Morgan fingerprint density at radius 2 is 1.74 bits per heavy atom. The van der Waals surface area contributed by atoms with Gasteiger partial charge < -0.3 is 10.1 Å². The summed E-state index contributed by atoms with van der Waals surface area (Å²) in [5.74, 6) is 0.977. The molecule has 2 aromatic rings. The van der Waals surface area contributed by atoms with E-state index in [9.17, 15) is 0 Å². The predicted molar refractivity (Wildman–Crippen MR) is 81.1 cm³/mol. The van der Waals surface area contributed by atoms with Gasteiger partial charge in [-0.1, -0.05) is 36.4 Å². The number of anilines is 1. The van der Waals surface area contributed by atoms with E-state index < -0.39 is 0 Å². The maximum Gasteiger partial charge on any atom is 0.126 e. The van der Waals surface area contributed by atoms with Crippen molar-refractivity contribution in [2.24, 2.45) is 0 Å². The molecule has 0 amide bonds. The van der Waals surface area contributed by atoms with E-state index in [0.29, 0.717) is 0 Å². The van der Waals surface area contributed by atoms with Crippen molar-refractivity contribution in [2.75, 3.05) is 19.0 Å². The van der Waals surface area contributed by atoms with Gasteiger partial charge in [-0.15, -0.1) is 0 Å². The second-order valence-corrected chi connectivity index (χ2v) is 4.75. The Morgan fingerprint density at radius 3 is 2.42 bits per heavy atom. The zero-order valence-electron chi connectivity index (χ0n) is 11.9. The monoisotopic (exact) mass is 255 g/mol. The molecule has 1 N–H and O–H groups in total. The van der Waals surface area contributed by atoms with E-state index in [4.69, 9.17) is 4.74 Å². The van der Waals surface area contributed by atoms with E-state index in [0.717, 1.165) is 24.4 Å². The van der Waals surface area contributed by atoms with E-state index in [1.54, 1.807) is 7.11 Å². The van der Waals surface area contributed by atoms with Crippen molar-refractivity contribution in [1.29, 1.82) is 0 Å². The average molecular weight is 255 g/mol. The van der Waals surface area contributed by atoms with E-state index in [1.807, 2.05) is 6.07 Å². The largest absolute Gasteiger partial charge is 0.496 e. The highest BCUT2D eigenvalue weighted by molar-refractivity contribution is 5.59. The molecule has 2 aromatic carbocycles. The SMILES string of the molecule is COc1c(C)ccc(NCCc2ccccc2)c1C. The number of hydrogen-bond donors (Lipinski definition) is 1. The minimum Gasteiger partial charge on any atom is -0.496 e. The van der Waals surface area contributed by atoms with Crippen molar-refractivity contribution >= 4 is 5.69 Å². The maximum absolute atomic E-state index is 5.44. The Hall–Kier alpha value is -1.96. The fourth-order valence-electron chi connectivity index (χ4n) is 2.32. The molecule has 2 nitrogen and oxygen atoms in total. The summed E-state index contributed by atoms with van der Waals surface area (Å²) in [5, 5.41) is 3.48. The van der Waals surface area contributed by atoms with Gasteiger partial charge in [0.05, 0.1) is 7.11 Å². The lowest BCUT2D eigenvalue weighted by molar-refractivity contribution is 0.409. The van der Waals surface area contributed by atoms with Crippen LogP contribution in [0.15, 0.2) is 42.5 Å². The highest BCUT2D eigenvalue weighted by Crippen LogP contribution is 2.29. The molecule has 19 heavy (non-hydrogen) atoms. The van der Waals surface area contributed by atoms with Crippen LogP contribution in [0, 0.1) is 13.8 Å². The Labute approximate surface area is 115 Å². The summed E-state index contributed by atoms with van der Waals surface area (Å²) < 4.78 is 5.44. The molecule has 0 bridgehead atoms. The van der Waals surface area contributed by atoms with Crippen LogP contribution < -0.4 is 10.1 Å². The van der Waals surface area contributed by atoms with Crippen LogP contribution in [0.2, 0.25) is 0 Å². The van der Waals surface area contributed by atoms with E-state index in [1.165, 1.54) is 16.7 Å². The van der Waals surface area contributed by atoms with Gasteiger partial charge in [-0.25, -0.2) is 0 Å². The first-order chi connectivity index (χ1) is 9.22. The van der Waals surface area contributed by atoms with Gasteiger partial charge in [0, 0.05) is 17.8 Å². The average Bonchev–Trinajstić information content (AvgIpc) is 2.43. The van der Waals surface area contributed by atoms with Crippen molar-refractivity contribution in [3.05, 3.63) is 59.2 Å². The van der Waals surface area contributed by atoms with Crippen LogP contribution in [0.4, 0.5) is 5.69 Å². The molecule has 0 atom stereocenters. The minimum atomic E-state index is 0.928. The minimum absolute atomic E-state index is 0.928. The van der Waals surface area contributed by atoms with Gasteiger partial charge in [-0.2, -0.15) is 0 Å². The molecule has 0 heterocycles. The molecule has 2 rings (SSSR count). The topological polar surface area (TPSA) is 21.3 Å². The summed E-state index contributed by atoms with van der Waals surface area (Å²) in [6.45, 7) is 5.09. The highest BCUT2D eigenvalue weighted by atomic mass is 16.5. The number of methoxy groups -OCH3 is 1. The molecule has 0 unspecified atom stereocenters. The molecule has 0 saturated heterocycles. The lowest BCUT2D eigenvalue weighted by Crippen LogP contribution is -2.07. The number of benzene rings is 2. The Balaban J connectivity index is 2.00. The van der Waals surface area contributed by atoms with Crippen LogP contribution in [0.3, 0.4) is 0 Å². The molecule has 0 radical (unpaired) electrons. The van der Waals surface area contributed by atoms with Crippen molar-refractivity contribution in [2.45, 2.75) is 20.3 Å². The number of hydrogen-bond acceptors (Lipinski definition) is 2. The summed E-state index contributed by atoms with van der Waals surface area (Å²) in [6, 6.07) is 14.7. The Kier molecular flexibility index (Phi) is 4.45. The van der Waals surface area contributed by atoms with E-state index in [-0.39, 0.29) is 0 Å². The standard InChI is InChI=1S/C17H21NO/c1-13-9-10-16(14(2)17(13)19-3)18-12-11-15-7-5-4-6-8-15/h4-10,18H,11-12H2,1-3H3. The zero-order chi connectivity index (χ0) is 13.7. The third kappa shape index (κ3) is 3.28. The molecule has 0 aliphatic heterocycles.